The number of rotatable bonds is 8. The van der Waals surface area contributed by atoms with Gasteiger partial charge >= 0.3 is 0 Å². The zero-order valence-corrected chi connectivity index (χ0v) is 13.4. The maximum atomic E-state index is 11.9. The molecule has 1 heterocycles. The number of nitrogens with one attached hydrogen (secondary N) is 1. The molecule has 5 nitrogen and oxygen atoms in total. The largest absolute Gasteiger partial charge is 0.396 e. The first-order chi connectivity index (χ1) is 11.2. The summed E-state index contributed by atoms with van der Waals surface area (Å²) in [7, 11) is 0. The molecule has 1 unspecified atom stereocenters. The van der Waals surface area contributed by atoms with Gasteiger partial charge in [0.05, 0.1) is 22.9 Å². The maximum absolute atomic E-state index is 11.9. The predicted octanol–water partition coefficient (Wildman–Crippen LogP) is 2.56. The molecule has 1 aromatic carbocycles. The summed E-state index contributed by atoms with van der Waals surface area (Å²) in [6.07, 6.45) is 7.55. The van der Waals surface area contributed by atoms with Crippen molar-refractivity contribution in [3.8, 4) is 0 Å². The fourth-order valence-corrected chi connectivity index (χ4v) is 2.46. The molecule has 2 rings (SSSR count). The lowest BCUT2D eigenvalue weighted by Crippen LogP contribution is -2.28. The molecule has 0 aliphatic rings. The van der Waals surface area contributed by atoms with Gasteiger partial charge in [-0.3, -0.25) is 9.78 Å². The van der Waals surface area contributed by atoms with Crippen molar-refractivity contribution in [3.63, 3.8) is 0 Å². The molecule has 2 N–H and O–H groups in total. The molecule has 0 fully saturated rings. The van der Waals surface area contributed by atoms with Gasteiger partial charge in [-0.2, -0.15) is 0 Å². The minimum atomic E-state index is -0.154. The SMILES string of the molecule is CCCC(CCO)CNC(=O)/C=C/c1cnc2ccccc2n1. The van der Waals surface area contributed by atoms with E-state index in [0.717, 1.165) is 23.9 Å². The highest BCUT2D eigenvalue weighted by Gasteiger charge is 2.08. The Bertz CT molecular complexity index is 664. The number of aliphatic hydroxyl groups excluding tert-OH is 1. The van der Waals surface area contributed by atoms with Crippen molar-refractivity contribution in [1.29, 1.82) is 0 Å². The smallest absolute Gasteiger partial charge is 0.244 e. The molecule has 122 valence electrons. The van der Waals surface area contributed by atoms with Crippen molar-refractivity contribution in [3.05, 3.63) is 42.2 Å². The van der Waals surface area contributed by atoms with Gasteiger partial charge in [-0.25, -0.2) is 4.98 Å². The van der Waals surface area contributed by atoms with Gasteiger partial charge in [-0.1, -0.05) is 25.5 Å². The van der Waals surface area contributed by atoms with Gasteiger partial charge in [0.1, 0.15) is 0 Å². The number of benzene rings is 1. The van der Waals surface area contributed by atoms with Crippen molar-refractivity contribution < 1.29 is 9.90 Å². The molecule has 1 amide bonds. The molecule has 23 heavy (non-hydrogen) atoms. The lowest BCUT2D eigenvalue weighted by molar-refractivity contribution is -0.116. The molecule has 0 aliphatic heterocycles. The Labute approximate surface area is 136 Å². The number of hydrogen-bond acceptors (Lipinski definition) is 4. The van der Waals surface area contributed by atoms with Crippen LogP contribution in [0, 0.1) is 5.92 Å². The Morgan fingerprint density at radius 1 is 1.30 bits per heavy atom. The first-order valence-corrected chi connectivity index (χ1v) is 8.01. The van der Waals surface area contributed by atoms with E-state index in [9.17, 15) is 4.79 Å². The second-order valence-corrected chi connectivity index (χ2v) is 5.53. The Kier molecular flexibility index (Phi) is 6.69. The van der Waals surface area contributed by atoms with Gasteiger partial charge in [0.25, 0.3) is 0 Å². The molecule has 1 aromatic heterocycles. The van der Waals surface area contributed by atoms with Crippen LogP contribution in [0.25, 0.3) is 17.1 Å². The van der Waals surface area contributed by atoms with Gasteiger partial charge in [0, 0.05) is 19.2 Å². The van der Waals surface area contributed by atoms with Crippen LogP contribution in [0.2, 0.25) is 0 Å². The van der Waals surface area contributed by atoms with E-state index in [4.69, 9.17) is 5.11 Å². The molecule has 0 aliphatic carbocycles. The van der Waals surface area contributed by atoms with Crippen molar-refractivity contribution in [2.75, 3.05) is 13.2 Å². The first kappa shape index (κ1) is 17.1. The zero-order chi connectivity index (χ0) is 16.5. The van der Waals surface area contributed by atoms with Crippen molar-refractivity contribution in [2.45, 2.75) is 26.2 Å². The average Bonchev–Trinajstić information content (AvgIpc) is 2.58. The quantitative estimate of drug-likeness (QED) is 0.734. The molecule has 0 spiro atoms. The standard InChI is InChI=1S/C18H23N3O2/c1-2-5-14(10-11-22)12-20-18(23)9-8-15-13-19-16-6-3-4-7-17(16)21-15/h3-4,6-9,13-14,22H,2,5,10-12H2,1H3,(H,20,23)/b9-8+. The van der Waals surface area contributed by atoms with E-state index in [-0.39, 0.29) is 12.5 Å². The number of carbonyl (C=O) groups is 1. The molecule has 0 saturated carbocycles. The summed E-state index contributed by atoms with van der Waals surface area (Å²) in [6.45, 7) is 2.84. The van der Waals surface area contributed by atoms with E-state index < -0.39 is 0 Å². The summed E-state index contributed by atoms with van der Waals surface area (Å²) in [4.78, 5) is 20.6. The number of aliphatic hydroxyl groups is 1. The molecule has 0 bridgehead atoms. The second kappa shape index (κ2) is 9.00. The van der Waals surface area contributed by atoms with Gasteiger partial charge in [-0.15, -0.1) is 0 Å². The normalized spacial score (nSPS) is 12.6. The van der Waals surface area contributed by atoms with Gasteiger partial charge < -0.3 is 10.4 Å². The van der Waals surface area contributed by atoms with Crippen LogP contribution >= 0.6 is 0 Å². The third-order valence-electron chi connectivity index (χ3n) is 3.67. The number of nitrogens with zero attached hydrogens (tertiary/aromatic N) is 2. The average molecular weight is 313 g/mol. The molecule has 5 heteroatoms. The summed E-state index contributed by atoms with van der Waals surface area (Å²) in [5, 5.41) is 11.9. The monoisotopic (exact) mass is 313 g/mol. The van der Waals surface area contributed by atoms with Crippen LogP contribution in [0.4, 0.5) is 0 Å². The summed E-state index contributed by atoms with van der Waals surface area (Å²) in [5.74, 6) is 0.168. The van der Waals surface area contributed by atoms with Crippen LogP contribution in [-0.2, 0) is 4.79 Å². The highest BCUT2D eigenvalue weighted by Crippen LogP contribution is 2.10. The van der Waals surface area contributed by atoms with Crippen LogP contribution < -0.4 is 5.32 Å². The molecule has 0 saturated heterocycles. The number of amides is 1. The summed E-state index contributed by atoms with van der Waals surface area (Å²) < 4.78 is 0. The Morgan fingerprint density at radius 2 is 2.09 bits per heavy atom. The number of carbonyl (C=O) groups excluding carboxylic acids is 1. The van der Waals surface area contributed by atoms with Gasteiger partial charge in [0.2, 0.25) is 5.91 Å². The van der Waals surface area contributed by atoms with E-state index in [2.05, 4.69) is 22.2 Å². The third-order valence-corrected chi connectivity index (χ3v) is 3.67. The van der Waals surface area contributed by atoms with Crippen LogP contribution in [0.15, 0.2) is 36.5 Å². The van der Waals surface area contributed by atoms with Crippen molar-refractivity contribution >= 4 is 23.0 Å². The highest BCUT2D eigenvalue weighted by atomic mass is 16.3. The lowest BCUT2D eigenvalue weighted by Gasteiger charge is -2.14. The number of fused-ring (bicyclic) bond motifs is 1. The molecular formula is C18H23N3O2. The zero-order valence-electron chi connectivity index (χ0n) is 13.4. The number of aromatic nitrogens is 2. The Balaban J connectivity index is 1.91. The summed E-state index contributed by atoms with van der Waals surface area (Å²) in [6, 6.07) is 7.62. The summed E-state index contributed by atoms with van der Waals surface area (Å²) in [5.41, 5.74) is 2.29. The molecule has 1 atom stereocenters. The minimum Gasteiger partial charge on any atom is -0.396 e. The first-order valence-electron chi connectivity index (χ1n) is 8.01. The fraction of sp³-hybridized carbons (Fsp3) is 0.389. The van der Waals surface area contributed by atoms with Crippen LogP contribution in [0.5, 0.6) is 0 Å². The Hall–Kier alpha value is -2.27. The van der Waals surface area contributed by atoms with Crippen molar-refractivity contribution in [1.82, 2.24) is 15.3 Å². The molecule has 2 aromatic rings. The van der Waals surface area contributed by atoms with E-state index in [1.807, 2.05) is 24.3 Å². The summed E-state index contributed by atoms with van der Waals surface area (Å²) >= 11 is 0. The third kappa shape index (κ3) is 5.45. The van der Waals surface area contributed by atoms with E-state index in [1.54, 1.807) is 12.3 Å². The minimum absolute atomic E-state index is 0.154. The fourth-order valence-electron chi connectivity index (χ4n) is 2.46. The second-order valence-electron chi connectivity index (χ2n) is 5.53. The van der Waals surface area contributed by atoms with E-state index in [1.165, 1.54) is 6.08 Å². The van der Waals surface area contributed by atoms with Crippen LogP contribution in [0.1, 0.15) is 31.9 Å². The van der Waals surface area contributed by atoms with Crippen LogP contribution in [-0.4, -0.2) is 34.1 Å². The Morgan fingerprint density at radius 3 is 2.83 bits per heavy atom. The number of para-hydroxylation sites is 2. The topological polar surface area (TPSA) is 75.1 Å². The van der Waals surface area contributed by atoms with Crippen LogP contribution in [0.3, 0.4) is 0 Å². The molecular weight excluding hydrogens is 290 g/mol. The lowest BCUT2D eigenvalue weighted by atomic mass is 10.0. The predicted molar refractivity (Wildman–Crippen MR) is 91.7 cm³/mol. The molecule has 0 radical (unpaired) electrons. The van der Waals surface area contributed by atoms with E-state index >= 15 is 0 Å². The maximum Gasteiger partial charge on any atom is 0.244 e. The highest BCUT2D eigenvalue weighted by molar-refractivity contribution is 5.91. The van der Waals surface area contributed by atoms with E-state index in [0.29, 0.717) is 24.6 Å². The van der Waals surface area contributed by atoms with Crippen molar-refractivity contribution in [2.24, 2.45) is 5.92 Å². The van der Waals surface area contributed by atoms with Gasteiger partial charge in [-0.05, 0) is 37.0 Å². The van der Waals surface area contributed by atoms with Gasteiger partial charge in [0.15, 0.2) is 0 Å². The number of hydrogen-bond donors (Lipinski definition) is 2.